The van der Waals surface area contributed by atoms with Gasteiger partial charge in [0.15, 0.2) is 5.65 Å². The van der Waals surface area contributed by atoms with Gasteiger partial charge in [-0.15, -0.1) is 0 Å². The highest BCUT2D eigenvalue weighted by atomic mass is 15.3. The Bertz CT molecular complexity index is 715. The fraction of sp³-hybridized carbons (Fsp3) is 0.154. The maximum absolute atomic E-state index is 6.00. The molecule has 90 valence electrons. The fourth-order valence-electron chi connectivity index (χ4n) is 2.09. The molecule has 0 bridgehead atoms. The van der Waals surface area contributed by atoms with Crippen molar-refractivity contribution >= 4 is 16.9 Å². The molecular formula is C13H13N5. The predicted molar refractivity (Wildman–Crippen MR) is 70.9 cm³/mol. The predicted octanol–water partition coefficient (Wildman–Crippen LogP) is 1.92. The third kappa shape index (κ3) is 1.52. The lowest BCUT2D eigenvalue weighted by Crippen LogP contribution is -1.99. The standard InChI is InChI=1S/C13H13N5/c1-8-15-12(14)10-11(9-6-4-3-5-7-9)17-18(2)13(10)16-8/h3-7H,1-2H3,(H2,14,15,16). The molecule has 0 spiro atoms. The summed E-state index contributed by atoms with van der Waals surface area (Å²) in [5, 5.41) is 5.31. The van der Waals surface area contributed by atoms with Crippen molar-refractivity contribution in [2.45, 2.75) is 6.92 Å². The van der Waals surface area contributed by atoms with E-state index >= 15 is 0 Å². The third-order valence-corrected chi connectivity index (χ3v) is 2.87. The first-order valence-corrected chi connectivity index (χ1v) is 5.69. The normalized spacial score (nSPS) is 11.0. The summed E-state index contributed by atoms with van der Waals surface area (Å²) in [7, 11) is 1.86. The number of hydrogen-bond donors (Lipinski definition) is 1. The molecule has 0 aliphatic carbocycles. The number of rotatable bonds is 1. The molecule has 0 atom stereocenters. The summed E-state index contributed by atoms with van der Waals surface area (Å²) in [6, 6.07) is 9.92. The minimum Gasteiger partial charge on any atom is -0.383 e. The third-order valence-electron chi connectivity index (χ3n) is 2.87. The van der Waals surface area contributed by atoms with Crippen LogP contribution >= 0.6 is 0 Å². The minimum atomic E-state index is 0.476. The highest BCUT2D eigenvalue weighted by Crippen LogP contribution is 2.29. The molecule has 18 heavy (non-hydrogen) atoms. The van der Waals surface area contributed by atoms with Gasteiger partial charge in [0.2, 0.25) is 0 Å². The van der Waals surface area contributed by atoms with E-state index in [-0.39, 0.29) is 0 Å². The summed E-state index contributed by atoms with van der Waals surface area (Å²) in [5.74, 6) is 1.13. The maximum atomic E-state index is 6.00. The van der Waals surface area contributed by atoms with Gasteiger partial charge in [0, 0.05) is 12.6 Å². The first-order chi connectivity index (χ1) is 8.66. The monoisotopic (exact) mass is 239 g/mol. The molecule has 3 rings (SSSR count). The van der Waals surface area contributed by atoms with Gasteiger partial charge < -0.3 is 5.73 Å². The van der Waals surface area contributed by atoms with E-state index in [1.807, 2.05) is 44.3 Å². The number of anilines is 1. The Hall–Kier alpha value is -2.43. The van der Waals surface area contributed by atoms with Gasteiger partial charge in [-0.2, -0.15) is 5.10 Å². The Morgan fingerprint density at radius 1 is 1.11 bits per heavy atom. The van der Waals surface area contributed by atoms with Gasteiger partial charge in [-0.3, -0.25) is 0 Å². The molecular weight excluding hydrogens is 226 g/mol. The molecule has 0 unspecified atom stereocenters. The molecule has 0 radical (unpaired) electrons. The van der Waals surface area contributed by atoms with Gasteiger partial charge in [-0.1, -0.05) is 30.3 Å². The van der Waals surface area contributed by atoms with Crippen LogP contribution in [0.4, 0.5) is 5.82 Å². The summed E-state index contributed by atoms with van der Waals surface area (Å²) < 4.78 is 1.74. The summed E-state index contributed by atoms with van der Waals surface area (Å²) >= 11 is 0. The van der Waals surface area contributed by atoms with Crippen LogP contribution < -0.4 is 5.73 Å². The molecule has 0 saturated heterocycles. The summed E-state index contributed by atoms with van der Waals surface area (Å²) in [6.07, 6.45) is 0. The van der Waals surface area contributed by atoms with Gasteiger partial charge in [-0.05, 0) is 6.92 Å². The van der Waals surface area contributed by atoms with Crippen LogP contribution in [0, 0.1) is 6.92 Å². The number of nitrogens with two attached hydrogens (primary N) is 1. The van der Waals surface area contributed by atoms with Crippen molar-refractivity contribution in [2.24, 2.45) is 7.05 Å². The SMILES string of the molecule is Cc1nc(N)c2c(-c3ccccc3)nn(C)c2n1. The zero-order valence-electron chi connectivity index (χ0n) is 10.3. The van der Waals surface area contributed by atoms with Crippen LogP contribution in [0.25, 0.3) is 22.3 Å². The number of nitrogens with zero attached hydrogens (tertiary/aromatic N) is 4. The van der Waals surface area contributed by atoms with Crippen LogP contribution in [0.2, 0.25) is 0 Å². The van der Waals surface area contributed by atoms with E-state index in [2.05, 4.69) is 15.1 Å². The van der Waals surface area contributed by atoms with E-state index in [0.29, 0.717) is 11.6 Å². The van der Waals surface area contributed by atoms with Gasteiger partial charge in [0.25, 0.3) is 0 Å². The molecule has 0 fully saturated rings. The number of hydrogen-bond acceptors (Lipinski definition) is 4. The van der Waals surface area contributed by atoms with Crippen molar-refractivity contribution in [1.29, 1.82) is 0 Å². The molecule has 2 aromatic heterocycles. The first kappa shape index (κ1) is 10.7. The summed E-state index contributed by atoms with van der Waals surface area (Å²) in [5.41, 5.74) is 8.61. The van der Waals surface area contributed by atoms with E-state index in [1.165, 1.54) is 0 Å². The van der Waals surface area contributed by atoms with Gasteiger partial charge >= 0.3 is 0 Å². The average molecular weight is 239 g/mol. The van der Waals surface area contributed by atoms with Crippen molar-refractivity contribution in [3.05, 3.63) is 36.2 Å². The van der Waals surface area contributed by atoms with Crippen molar-refractivity contribution in [3.63, 3.8) is 0 Å². The number of fused-ring (bicyclic) bond motifs is 1. The Morgan fingerprint density at radius 2 is 1.83 bits per heavy atom. The largest absolute Gasteiger partial charge is 0.383 e. The maximum Gasteiger partial charge on any atom is 0.164 e. The second kappa shape index (κ2) is 3.80. The molecule has 5 heteroatoms. The molecule has 1 aromatic carbocycles. The van der Waals surface area contributed by atoms with Crippen molar-refractivity contribution in [1.82, 2.24) is 19.7 Å². The fourth-order valence-corrected chi connectivity index (χ4v) is 2.09. The molecule has 3 aromatic rings. The van der Waals surface area contributed by atoms with Crippen LogP contribution in [0.1, 0.15) is 5.82 Å². The van der Waals surface area contributed by atoms with Crippen molar-refractivity contribution < 1.29 is 0 Å². The Kier molecular flexibility index (Phi) is 2.26. The molecule has 2 N–H and O–H groups in total. The summed E-state index contributed by atoms with van der Waals surface area (Å²) in [4.78, 5) is 8.61. The Morgan fingerprint density at radius 3 is 2.56 bits per heavy atom. The van der Waals surface area contributed by atoms with Crippen LogP contribution in [-0.4, -0.2) is 19.7 Å². The van der Waals surface area contributed by atoms with Gasteiger partial charge in [0.1, 0.15) is 17.3 Å². The highest BCUT2D eigenvalue weighted by molar-refractivity contribution is 5.98. The zero-order chi connectivity index (χ0) is 12.7. The highest BCUT2D eigenvalue weighted by Gasteiger charge is 2.15. The molecule has 0 amide bonds. The van der Waals surface area contributed by atoms with E-state index < -0.39 is 0 Å². The molecule has 5 nitrogen and oxygen atoms in total. The Labute approximate surface area is 104 Å². The van der Waals surface area contributed by atoms with E-state index in [0.717, 1.165) is 22.3 Å². The lowest BCUT2D eigenvalue weighted by Gasteiger charge is -2.00. The van der Waals surface area contributed by atoms with Crippen LogP contribution in [0.3, 0.4) is 0 Å². The zero-order valence-corrected chi connectivity index (χ0v) is 10.3. The van der Waals surface area contributed by atoms with E-state index in [1.54, 1.807) is 4.68 Å². The van der Waals surface area contributed by atoms with Crippen LogP contribution in [-0.2, 0) is 7.05 Å². The molecule has 0 aliphatic rings. The van der Waals surface area contributed by atoms with Crippen LogP contribution in [0.15, 0.2) is 30.3 Å². The second-order valence-electron chi connectivity index (χ2n) is 4.19. The van der Waals surface area contributed by atoms with E-state index in [9.17, 15) is 0 Å². The topological polar surface area (TPSA) is 69.6 Å². The van der Waals surface area contributed by atoms with Gasteiger partial charge in [0.05, 0.1) is 5.39 Å². The Balaban J connectivity index is 2.38. The number of aromatic nitrogens is 4. The van der Waals surface area contributed by atoms with Gasteiger partial charge in [-0.25, -0.2) is 14.6 Å². The lowest BCUT2D eigenvalue weighted by atomic mass is 10.1. The average Bonchev–Trinajstić information content (AvgIpc) is 2.68. The molecule has 0 aliphatic heterocycles. The first-order valence-electron chi connectivity index (χ1n) is 5.69. The number of nitrogen functional groups attached to an aromatic ring is 1. The molecule has 2 heterocycles. The van der Waals surface area contributed by atoms with Crippen LogP contribution in [0.5, 0.6) is 0 Å². The number of benzene rings is 1. The number of aryl methyl sites for hydroxylation is 2. The van der Waals surface area contributed by atoms with Crippen molar-refractivity contribution in [2.75, 3.05) is 5.73 Å². The lowest BCUT2D eigenvalue weighted by molar-refractivity contribution is 0.786. The minimum absolute atomic E-state index is 0.476. The molecule has 0 saturated carbocycles. The second-order valence-corrected chi connectivity index (χ2v) is 4.19. The quantitative estimate of drug-likeness (QED) is 0.704. The summed E-state index contributed by atoms with van der Waals surface area (Å²) in [6.45, 7) is 1.82. The smallest absolute Gasteiger partial charge is 0.164 e. The van der Waals surface area contributed by atoms with Crippen molar-refractivity contribution in [3.8, 4) is 11.3 Å². The van der Waals surface area contributed by atoms with E-state index in [4.69, 9.17) is 5.73 Å².